The SMILES string of the molecule is COc1ccc([C@H]2C/C=C\C[C@@H](c3cccc(Cl)c3)NC(=O)[C@@H](c3ccccc3)CC(=O)N2)c(OC)c1. The van der Waals surface area contributed by atoms with Crippen LogP contribution in [0.5, 0.6) is 11.5 Å². The molecule has 0 fully saturated rings. The van der Waals surface area contributed by atoms with Gasteiger partial charge >= 0.3 is 0 Å². The van der Waals surface area contributed by atoms with E-state index in [1.807, 2.05) is 78.9 Å². The zero-order valence-corrected chi connectivity index (χ0v) is 21.7. The Labute approximate surface area is 222 Å². The number of halogens is 1. The number of ether oxygens (including phenoxy) is 2. The van der Waals surface area contributed by atoms with E-state index in [2.05, 4.69) is 10.6 Å². The Morgan fingerprint density at radius 1 is 0.784 bits per heavy atom. The molecule has 3 atom stereocenters. The largest absolute Gasteiger partial charge is 0.497 e. The molecule has 4 rings (SSSR count). The van der Waals surface area contributed by atoms with Crippen LogP contribution in [0.1, 0.15) is 54.0 Å². The standard InChI is InChI=1S/C30H31ClN2O4/c1-36-23-15-16-24(28(18-23)37-2)27-14-7-6-13-26(21-11-8-12-22(31)17-21)33-30(35)25(19-29(34)32-27)20-9-4-3-5-10-20/h3-12,15-18,25-27H,13-14,19H2,1-2H3,(H,32,34)(H,33,35)/b7-6-/t25-,26+,27-/m1/s1. The first-order valence-electron chi connectivity index (χ1n) is 12.3. The zero-order valence-electron chi connectivity index (χ0n) is 20.9. The minimum atomic E-state index is -0.648. The number of amides is 2. The second-order valence-corrected chi connectivity index (χ2v) is 9.39. The topological polar surface area (TPSA) is 76.7 Å². The summed E-state index contributed by atoms with van der Waals surface area (Å²) in [4.78, 5) is 26.9. The van der Waals surface area contributed by atoms with Gasteiger partial charge in [0, 0.05) is 23.1 Å². The summed E-state index contributed by atoms with van der Waals surface area (Å²) in [6.45, 7) is 0. The van der Waals surface area contributed by atoms with Gasteiger partial charge < -0.3 is 20.1 Å². The van der Waals surface area contributed by atoms with Crippen LogP contribution in [-0.2, 0) is 9.59 Å². The summed E-state index contributed by atoms with van der Waals surface area (Å²) in [5.41, 5.74) is 2.53. The molecular formula is C30H31ClN2O4. The van der Waals surface area contributed by atoms with E-state index in [0.29, 0.717) is 29.4 Å². The van der Waals surface area contributed by atoms with E-state index >= 15 is 0 Å². The van der Waals surface area contributed by atoms with Crippen molar-refractivity contribution >= 4 is 23.4 Å². The van der Waals surface area contributed by atoms with Crippen LogP contribution in [0.15, 0.2) is 84.9 Å². The molecule has 1 aliphatic rings. The fourth-order valence-corrected chi connectivity index (χ4v) is 4.79. The van der Waals surface area contributed by atoms with Crippen molar-refractivity contribution < 1.29 is 19.1 Å². The first kappa shape index (κ1) is 26.3. The molecule has 1 heterocycles. The lowest BCUT2D eigenvalue weighted by molar-refractivity contribution is -0.128. The van der Waals surface area contributed by atoms with E-state index in [0.717, 1.165) is 16.7 Å². The van der Waals surface area contributed by atoms with Crippen LogP contribution in [0.25, 0.3) is 0 Å². The van der Waals surface area contributed by atoms with Crippen LogP contribution >= 0.6 is 11.6 Å². The fourth-order valence-electron chi connectivity index (χ4n) is 4.59. The first-order valence-corrected chi connectivity index (χ1v) is 12.6. The number of hydrogen-bond acceptors (Lipinski definition) is 4. The van der Waals surface area contributed by atoms with Crippen molar-refractivity contribution in [3.05, 3.63) is 107 Å². The molecule has 0 saturated carbocycles. The van der Waals surface area contributed by atoms with Gasteiger partial charge in [-0.3, -0.25) is 9.59 Å². The summed E-state index contributed by atoms with van der Waals surface area (Å²) in [6.07, 6.45) is 5.19. The van der Waals surface area contributed by atoms with E-state index in [4.69, 9.17) is 21.1 Å². The van der Waals surface area contributed by atoms with Crippen molar-refractivity contribution in [1.82, 2.24) is 10.6 Å². The molecule has 7 heteroatoms. The van der Waals surface area contributed by atoms with Crippen molar-refractivity contribution in [2.75, 3.05) is 14.2 Å². The highest BCUT2D eigenvalue weighted by Crippen LogP contribution is 2.33. The van der Waals surface area contributed by atoms with Gasteiger partial charge in [0.2, 0.25) is 11.8 Å². The molecule has 3 aromatic rings. The molecule has 2 amide bonds. The molecule has 2 N–H and O–H groups in total. The van der Waals surface area contributed by atoms with Crippen LogP contribution in [0, 0.1) is 0 Å². The van der Waals surface area contributed by atoms with E-state index < -0.39 is 5.92 Å². The summed E-state index contributed by atoms with van der Waals surface area (Å²) < 4.78 is 10.9. The average molecular weight is 519 g/mol. The lowest BCUT2D eigenvalue weighted by Crippen LogP contribution is -2.37. The third kappa shape index (κ3) is 6.71. The van der Waals surface area contributed by atoms with Crippen molar-refractivity contribution in [3.8, 4) is 11.5 Å². The average Bonchev–Trinajstić information content (AvgIpc) is 2.92. The first-order chi connectivity index (χ1) is 18.0. The Kier molecular flexibility index (Phi) is 8.86. The number of rotatable bonds is 5. The number of carbonyl (C=O) groups is 2. The van der Waals surface area contributed by atoms with Gasteiger partial charge in [0.15, 0.2) is 0 Å². The van der Waals surface area contributed by atoms with Crippen molar-refractivity contribution in [2.24, 2.45) is 0 Å². The third-order valence-corrected chi connectivity index (χ3v) is 6.77. The van der Waals surface area contributed by atoms with E-state index in [-0.39, 0.29) is 30.3 Å². The summed E-state index contributed by atoms with van der Waals surface area (Å²) in [6, 6.07) is 21.8. The molecule has 0 aromatic heterocycles. The van der Waals surface area contributed by atoms with Crippen molar-refractivity contribution in [1.29, 1.82) is 0 Å². The molecule has 3 aromatic carbocycles. The Morgan fingerprint density at radius 2 is 1.51 bits per heavy atom. The summed E-state index contributed by atoms with van der Waals surface area (Å²) in [7, 11) is 3.19. The van der Waals surface area contributed by atoms with E-state index in [1.54, 1.807) is 20.3 Å². The molecule has 0 radical (unpaired) electrons. The molecule has 0 aliphatic carbocycles. The van der Waals surface area contributed by atoms with Crippen LogP contribution in [0.2, 0.25) is 5.02 Å². The maximum atomic E-state index is 13.6. The van der Waals surface area contributed by atoms with Gasteiger partial charge in [0.05, 0.1) is 32.2 Å². The smallest absolute Gasteiger partial charge is 0.228 e. The minimum absolute atomic E-state index is 0.0107. The van der Waals surface area contributed by atoms with Gasteiger partial charge in [0.25, 0.3) is 0 Å². The number of benzene rings is 3. The van der Waals surface area contributed by atoms with Gasteiger partial charge in [-0.25, -0.2) is 0 Å². The molecule has 37 heavy (non-hydrogen) atoms. The summed E-state index contributed by atoms with van der Waals surface area (Å²) >= 11 is 6.26. The monoisotopic (exact) mass is 518 g/mol. The molecule has 0 saturated heterocycles. The van der Waals surface area contributed by atoms with Crippen molar-refractivity contribution in [2.45, 2.75) is 37.3 Å². The summed E-state index contributed by atoms with van der Waals surface area (Å²) in [5.74, 6) is 0.212. The van der Waals surface area contributed by atoms with Gasteiger partial charge in [-0.2, -0.15) is 0 Å². The normalized spacial score (nSPS) is 21.5. The van der Waals surface area contributed by atoms with Crippen molar-refractivity contribution in [3.63, 3.8) is 0 Å². The zero-order chi connectivity index (χ0) is 26.2. The lowest BCUT2D eigenvalue weighted by Gasteiger charge is -2.26. The van der Waals surface area contributed by atoms with Gasteiger partial charge in [-0.05, 0) is 48.2 Å². The Morgan fingerprint density at radius 3 is 2.22 bits per heavy atom. The van der Waals surface area contributed by atoms with Crippen LogP contribution in [0.3, 0.4) is 0 Å². The van der Waals surface area contributed by atoms with Crippen LogP contribution < -0.4 is 20.1 Å². The predicted molar refractivity (Wildman–Crippen MR) is 145 cm³/mol. The molecule has 1 aliphatic heterocycles. The Hall–Kier alpha value is -3.77. The second kappa shape index (κ2) is 12.5. The Balaban J connectivity index is 1.71. The molecule has 0 spiro atoms. The lowest BCUT2D eigenvalue weighted by atomic mass is 9.92. The quantitative estimate of drug-likeness (QED) is 0.412. The maximum Gasteiger partial charge on any atom is 0.228 e. The second-order valence-electron chi connectivity index (χ2n) is 8.95. The van der Waals surface area contributed by atoms with Gasteiger partial charge in [-0.15, -0.1) is 0 Å². The van der Waals surface area contributed by atoms with Crippen LogP contribution in [-0.4, -0.2) is 26.0 Å². The molecule has 0 unspecified atom stereocenters. The number of carbonyl (C=O) groups excluding carboxylic acids is 2. The van der Waals surface area contributed by atoms with Gasteiger partial charge in [-0.1, -0.05) is 66.2 Å². The molecular weight excluding hydrogens is 488 g/mol. The minimum Gasteiger partial charge on any atom is -0.497 e. The van der Waals surface area contributed by atoms with E-state index in [9.17, 15) is 9.59 Å². The highest BCUT2D eigenvalue weighted by Gasteiger charge is 2.28. The van der Waals surface area contributed by atoms with Crippen LogP contribution in [0.4, 0.5) is 0 Å². The highest BCUT2D eigenvalue weighted by atomic mass is 35.5. The van der Waals surface area contributed by atoms with Gasteiger partial charge in [0.1, 0.15) is 11.5 Å². The number of hydrogen-bond donors (Lipinski definition) is 2. The fraction of sp³-hybridized carbons (Fsp3) is 0.267. The third-order valence-electron chi connectivity index (χ3n) is 6.54. The number of methoxy groups -OCH3 is 2. The highest BCUT2D eigenvalue weighted by molar-refractivity contribution is 6.30. The summed E-state index contributed by atoms with van der Waals surface area (Å²) in [5, 5.41) is 6.89. The Bertz CT molecular complexity index is 1260. The number of nitrogens with one attached hydrogen (secondary N) is 2. The molecule has 0 bridgehead atoms. The predicted octanol–water partition coefficient (Wildman–Crippen LogP) is 5.90. The molecule has 192 valence electrons. The maximum absolute atomic E-state index is 13.6. The molecule has 6 nitrogen and oxygen atoms in total. The van der Waals surface area contributed by atoms with E-state index in [1.165, 1.54) is 0 Å².